The predicted octanol–water partition coefficient (Wildman–Crippen LogP) is 4.84. The first kappa shape index (κ1) is 35.0. The second-order valence-corrected chi connectivity index (χ2v) is 12.1. The number of anilines is 1. The van der Waals surface area contributed by atoms with Crippen LogP contribution in [-0.2, 0) is 25.6 Å². The Morgan fingerprint density at radius 1 is 0.979 bits per heavy atom. The number of hydrogen-bond acceptors (Lipinski definition) is 8. The van der Waals surface area contributed by atoms with E-state index in [4.69, 9.17) is 9.47 Å². The van der Waals surface area contributed by atoms with Crippen LogP contribution in [0.1, 0.15) is 46.1 Å². The molecule has 1 aliphatic rings. The van der Waals surface area contributed by atoms with Gasteiger partial charge in [-0.2, -0.15) is 0 Å². The summed E-state index contributed by atoms with van der Waals surface area (Å²) < 4.78 is 39.0. The third kappa shape index (κ3) is 10.1. The average Bonchev–Trinajstić information content (AvgIpc) is 3.02. The Hall–Kier alpha value is -4.85. The molecule has 0 saturated carbocycles. The molecule has 2 aromatic carbocycles. The number of aromatic nitrogens is 1. The molecular formula is C33H40F2N6O6. The molecule has 0 spiro atoms. The Bertz CT molecular complexity index is 1590. The fourth-order valence-electron chi connectivity index (χ4n) is 5.02. The maximum absolute atomic E-state index is 14.3. The van der Waals surface area contributed by atoms with E-state index in [0.29, 0.717) is 26.2 Å². The van der Waals surface area contributed by atoms with Crippen molar-refractivity contribution in [2.24, 2.45) is 0 Å². The summed E-state index contributed by atoms with van der Waals surface area (Å²) in [6.45, 7) is 7.24. The Kier molecular flexibility index (Phi) is 11.6. The topological polar surface area (TPSA) is 133 Å². The van der Waals surface area contributed by atoms with Crippen molar-refractivity contribution in [3.8, 4) is 0 Å². The number of carbonyl (C=O) groups is 4. The highest BCUT2D eigenvalue weighted by Crippen LogP contribution is 2.18. The molecule has 2 heterocycles. The highest BCUT2D eigenvalue weighted by Gasteiger charge is 2.29. The maximum atomic E-state index is 14.3. The van der Waals surface area contributed by atoms with Gasteiger partial charge in [0.15, 0.2) is 11.6 Å². The van der Waals surface area contributed by atoms with E-state index in [-0.39, 0.29) is 43.3 Å². The molecule has 12 nitrogen and oxygen atoms in total. The zero-order valence-corrected chi connectivity index (χ0v) is 26.9. The number of hydrazine groups is 1. The van der Waals surface area contributed by atoms with E-state index >= 15 is 0 Å². The summed E-state index contributed by atoms with van der Waals surface area (Å²) in [5.41, 5.74) is 2.15. The highest BCUT2D eigenvalue weighted by atomic mass is 19.2. The van der Waals surface area contributed by atoms with Gasteiger partial charge in [-0.25, -0.2) is 28.8 Å². The molecule has 1 atom stereocenters. The Morgan fingerprint density at radius 2 is 1.66 bits per heavy atom. The van der Waals surface area contributed by atoms with Gasteiger partial charge in [0.1, 0.15) is 18.0 Å². The van der Waals surface area contributed by atoms with Crippen molar-refractivity contribution in [1.82, 2.24) is 25.2 Å². The summed E-state index contributed by atoms with van der Waals surface area (Å²) in [5.74, 6) is -2.54. The number of piperazine rings is 1. The summed E-state index contributed by atoms with van der Waals surface area (Å²) >= 11 is 0. The monoisotopic (exact) mass is 654 g/mol. The van der Waals surface area contributed by atoms with Crippen molar-refractivity contribution in [2.75, 3.05) is 38.1 Å². The number of benzene rings is 2. The normalized spacial score (nSPS) is 14.0. The lowest BCUT2D eigenvalue weighted by molar-refractivity contribution is -0.139. The van der Waals surface area contributed by atoms with Crippen LogP contribution >= 0.6 is 0 Å². The van der Waals surface area contributed by atoms with E-state index in [2.05, 4.69) is 15.7 Å². The Morgan fingerprint density at radius 3 is 2.34 bits per heavy atom. The molecule has 1 fully saturated rings. The van der Waals surface area contributed by atoms with Crippen LogP contribution in [0.3, 0.4) is 0 Å². The van der Waals surface area contributed by atoms with E-state index in [1.54, 1.807) is 42.8 Å². The summed E-state index contributed by atoms with van der Waals surface area (Å²) in [4.78, 5) is 58.5. The van der Waals surface area contributed by atoms with E-state index < -0.39 is 41.4 Å². The van der Waals surface area contributed by atoms with Crippen molar-refractivity contribution >= 4 is 40.6 Å². The van der Waals surface area contributed by atoms with Gasteiger partial charge in [-0.05, 0) is 44.7 Å². The number of ether oxygens (including phenoxy) is 2. The third-order valence-corrected chi connectivity index (χ3v) is 7.42. The largest absolute Gasteiger partial charge is 0.447 e. The van der Waals surface area contributed by atoms with Crippen LogP contribution in [0.5, 0.6) is 0 Å². The molecule has 14 heteroatoms. The number of hydrogen-bond donors (Lipinski definition) is 2. The summed E-state index contributed by atoms with van der Waals surface area (Å²) in [6.07, 6.45) is 0.386. The minimum absolute atomic E-state index is 0.0185. The molecule has 0 radical (unpaired) electrons. The van der Waals surface area contributed by atoms with E-state index in [9.17, 15) is 28.0 Å². The SMILES string of the molecule is CC(=O)N(NCc1cccc(F)c1F)[C@@H](CCC(=O)N1CCN(C(=O)OC(C)(C)C)CC1)COC(=O)Nc1cc2ccccc2cn1. The molecule has 4 rings (SSSR count). The lowest BCUT2D eigenvalue weighted by atomic mass is 10.1. The molecule has 47 heavy (non-hydrogen) atoms. The Balaban J connectivity index is 1.40. The van der Waals surface area contributed by atoms with Gasteiger partial charge in [-0.1, -0.05) is 36.4 Å². The molecule has 0 unspecified atom stereocenters. The minimum atomic E-state index is -1.06. The van der Waals surface area contributed by atoms with Crippen LogP contribution in [0.2, 0.25) is 0 Å². The van der Waals surface area contributed by atoms with Crippen molar-refractivity contribution in [3.63, 3.8) is 0 Å². The summed E-state index contributed by atoms with van der Waals surface area (Å²) in [7, 11) is 0. The van der Waals surface area contributed by atoms with Crippen LogP contribution in [0, 0.1) is 11.6 Å². The van der Waals surface area contributed by atoms with Crippen molar-refractivity contribution < 1.29 is 37.4 Å². The zero-order chi connectivity index (χ0) is 34.1. The molecule has 2 N–H and O–H groups in total. The number of nitrogens with zero attached hydrogens (tertiary/aromatic N) is 4. The average molecular weight is 655 g/mol. The number of amides is 4. The molecule has 1 saturated heterocycles. The van der Waals surface area contributed by atoms with Crippen LogP contribution in [0.15, 0.2) is 54.7 Å². The molecule has 4 amide bonds. The van der Waals surface area contributed by atoms with Gasteiger partial charge in [-0.15, -0.1) is 0 Å². The van der Waals surface area contributed by atoms with Crippen molar-refractivity contribution in [1.29, 1.82) is 0 Å². The van der Waals surface area contributed by atoms with E-state index in [1.807, 2.05) is 24.3 Å². The maximum Gasteiger partial charge on any atom is 0.412 e. The van der Waals surface area contributed by atoms with Gasteiger partial charge in [-0.3, -0.25) is 19.9 Å². The van der Waals surface area contributed by atoms with Gasteiger partial charge in [0, 0.05) is 63.2 Å². The molecule has 1 aliphatic heterocycles. The standard InChI is InChI=1S/C33H40F2N6O6/c1-22(42)41(37-20-25-10-7-11-27(34)30(25)35)26(21-46-31(44)38-28-18-23-8-5-6-9-24(23)19-36-28)12-13-29(43)39-14-16-40(17-15-39)32(45)47-33(2,3)4/h5-11,18-19,26,37H,12-17,20-21H2,1-4H3,(H,36,38,44)/t26-/m0/s1. The van der Waals surface area contributed by atoms with E-state index in [0.717, 1.165) is 21.8 Å². The predicted molar refractivity (Wildman–Crippen MR) is 170 cm³/mol. The first-order valence-corrected chi connectivity index (χ1v) is 15.3. The van der Waals surface area contributed by atoms with Gasteiger partial charge in [0.05, 0.1) is 6.04 Å². The van der Waals surface area contributed by atoms with Crippen molar-refractivity contribution in [3.05, 3.63) is 71.9 Å². The quantitative estimate of drug-likeness (QED) is 0.297. The molecule has 252 valence electrons. The molecule has 1 aromatic heterocycles. The van der Waals surface area contributed by atoms with Crippen LogP contribution in [0.25, 0.3) is 10.8 Å². The fourth-order valence-corrected chi connectivity index (χ4v) is 5.02. The number of rotatable bonds is 10. The first-order chi connectivity index (χ1) is 22.3. The fraction of sp³-hybridized carbons (Fsp3) is 0.424. The highest BCUT2D eigenvalue weighted by molar-refractivity contribution is 5.89. The van der Waals surface area contributed by atoms with Crippen LogP contribution in [0.4, 0.5) is 24.2 Å². The molecule has 3 aromatic rings. The Labute approximate surface area is 272 Å². The third-order valence-electron chi connectivity index (χ3n) is 7.42. The molecular weight excluding hydrogens is 614 g/mol. The summed E-state index contributed by atoms with van der Waals surface area (Å²) in [5, 5.41) is 5.47. The van der Waals surface area contributed by atoms with Gasteiger partial charge < -0.3 is 19.3 Å². The second-order valence-electron chi connectivity index (χ2n) is 12.1. The number of carbonyl (C=O) groups excluding carboxylic acids is 4. The first-order valence-electron chi connectivity index (χ1n) is 15.3. The van der Waals surface area contributed by atoms with E-state index in [1.165, 1.54) is 19.1 Å². The smallest absolute Gasteiger partial charge is 0.412 e. The number of nitrogens with one attached hydrogen (secondary N) is 2. The van der Waals surface area contributed by atoms with Crippen molar-refractivity contribution in [2.45, 2.75) is 58.7 Å². The van der Waals surface area contributed by atoms with Crippen LogP contribution < -0.4 is 10.7 Å². The number of pyridine rings is 1. The lowest BCUT2D eigenvalue weighted by Gasteiger charge is -2.36. The second kappa shape index (κ2) is 15.6. The number of fused-ring (bicyclic) bond motifs is 1. The molecule has 0 bridgehead atoms. The zero-order valence-electron chi connectivity index (χ0n) is 26.9. The van der Waals surface area contributed by atoms with Crippen LogP contribution in [-0.4, -0.2) is 88.2 Å². The van der Waals surface area contributed by atoms with Gasteiger partial charge in [0.25, 0.3) is 0 Å². The molecule has 0 aliphatic carbocycles. The van der Waals surface area contributed by atoms with Gasteiger partial charge in [0.2, 0.25) is 11.8 Å². The summed E-state index contributed by atoms with van der Waals surface area (Å²) in [6, 6.07) is 12.0. The van der Waals surface area contributed by atoms with Gasteiger partial charge >= 0.3 is 12.2 Å². The minimum Gasteiger partial charge on any atom is -0.447 e. The lowest BCUT2D eigenvalue weighted by Crippen LogP contribution is -2.53. The number of halogens is 2.